The molecule has 0 spiro atoms. The van der Waals surface area contributed by atoms with E-state index in [0.717, 1.165) is 5.69 Å². The zero-order chi connectivity index (χ0) is 16.5. The summed E-state index contributed by atoms with van der Waals surface area (Å²) >= 11 is 0. The Morgan fingerprint density at radius 1 is 1.50 bits per heavy atom. The van der Waals surface area contributed by atoms with Crippen LogP contribution in [0.3, 0.4) is 0 Å². The summed E-state index contributed by atoms with van der Waals surface area (Å²) in [4.78, 5) is 13.5. The zero-order valence-corrected chi connectivity index (χ0v) is 13.1. The van der Waals surface area contributed by atoms with Gasteiger partial charge in [-0.15, -0.1) is 0 Å². The zero-order valence-electron chi connectivity index (χ0n) is 13.1. The number of carbonyl (C=O) groups excluding carboxylic acids is 1. The van der Waals surface area contributed by atoms with Crippen LogP contribution in [0.1, 0.15) is 31.1 Å². The number of halogens is 1. The lowest BCUT2D eigenvalue weighted by Gasteiger charge is -2.44. The highest BCUT2D eigenvalue weighted by molar-refractivity contribution is 5.94. The van der Waals surface area contributed by atoms with Crippen LogP contribution in [0.2, 0.25) is 0 Å². The monoisotopic (exact) mass is 307 g/mol. The van der Waals surface area contributed by atoms with E-state index in [0.29, 0.717) is 29.8 Å². The maximum absolute atomic E-state index is 13.0. The van der Waals surface area contributed by atoms with Crippen LogP contribution in [-0.4, -0.2) is 30.6 Å². The van der Waals surface area contributed by atoms with Gasteiger partial charge in [0.1, 0.15) is 11.9 Å². The molecular weight excluding hydrogens is 285 g/mol. The van der Waals surface area contributed by atoms with Crippen molar-refractivity contribution in [2.45, 2.75) is 32.4 Å². The fourth-order valence-corrected chi connectivity index (χ4v) is 2.51. The molecule has 1 aromatic rings. The number of fused-ring (bicyclic) bond motifs is 1. The van der Waals surface area contributed by atoms with Crippen LogP contribution >= 0.6 is 0 Å². The quantitative estimate of drug-likeness (QED) is 0.894. The van der Waals surface area contributed by atoms with Gasteiger partial charge in [-0.05, 0) is 39.0 Å². The largest absolute Gasteiger partial charge is 0.482 e. The summed E-state index contributed by atoms with van der Waals surface area (Å²) in [5.41, 5.74) is 12.3. The lowest BCUT2D eigenvalue weighted by Crippen LogP contribution is -2.51. The summed E-state index contributed by atoms with van der Waals surface area (Å²) in [5.74, 6) is 0.0917. The predicted molar refractivity (Wildman–Crippen MR) is 84.7 cm³/mol. The molecule has 0 fully saturated rings. The molecule has 0 bridgehead atoms. The Balaban J connectivity index is 2.49. The van der Waals surface area contributed by atoms with Crippen molar-refractivity contribution in [2.75, 3.05) is 18.0 Å². The average Bonchev–Trinajstić information content (AvgIpc) is 2.46. The molecule has 1 amide bonds. The lowest BCUT2D eigenvalue weighted by molar-refractivity contribution is 0.1000. The molecular formula is C16H22FN3O2. The molecule has 0 aliphatic carbocycles. The molecule has 120 valence electrons. The van der Waals surface area contributed by atoms with Crippen molar-refractivity contribution in [3.63, 3.8) is 0 Å². The molecule has 1 aliphatic rings. The molecule has 6 heteroatoms. The maximum atomic E-state index is 13.0. The van der Waals surface area contributed by atoms with E-state index in [1.807, 2.05) is 20.8 Å². The average molecular weight is 307 g/mol. The van der Waals surface area contributed by atoms with Gasteiger partial charge in [0.05, 0.1) is 18.6 Å². The number of nitrogens with zero attached hydrogens (tertiary/aromatic N) is 1. The van der Waals surface area contributed by atoms with Gasteiger partial charge in [0.2, 0.25) is 5.91 Å². The number of nitrogens with two attached hydrogens (primary N) is 2. The number of benzene rings is 1. The predicted octanol–water partition coefficient (Wildman–Crippen LogP) is 1.96. The summed E-state index contributed by atoms with van der Waals surface area (Å²) in [5, 5.41) is 0. The van der Waals surface area contributed by atoms with Gasteiger partial charge >= 0.3 is 0 Å². The molecule has 0 radical (unpaired) electrons. The van der Waals surface area contributed by atoms with Crippen LogP contribution in [0.5, 0.6) is 5.75 Å². The minimum Gasteiger partial charge on any atom is -0.482 e. The third-order valence-corrected chi connectivity index (χ3v) is 3.75. The number of carbonyl (C=O) groups is 1. The molecule has 4 N–H and O–H groups in total. The second-order valence-electron chi connectivity index (χ2n) is 6.32. The molecule has 1 aromatic carbocycles. The van der Waals surface area contributed by atoms with Crippen LogP contribution in [-0.2, 0) is 0 Å². The van der Waals surface area contributed by atoms with Gasteiger partial charge < -0.3 is 21.1 Å². The number of amides is 1. The first-order valence-electron chi connectivity index (χ1n) is 7.15. The minimum absolute atomic E-state index is 0.0911. The third kappa shape index (κ3) is 3.06. The van der Waals surface area contributed by atoms with E-state index in [1.165, 1.54) is 0 Å². The van der Waals surface area contributed by atoms with E-state index in [4.69, 9.17) is 16.2 Å². The second-order valence-corrected chi connectivity index (χ2v) is 6.32. The van der Waals surface area contributed by atoms with Crippen molar-refractivity contribution in [3.05, 3.63) is 35.7 Å². The maximum Gasteiger partial charge on any atom is 0.248 e. The number of anilines is 1. The van der Waals surface area contributed by atoms with Crippen molar-refractivity contribution in [1.82, 2.24) is 0 Å². The lowest BCUT2D eigenvalue weighted by atomic mass is 9.98. The van der Waals surface area contributed by atoms with Crippen LogP contribution in [0.15, 0.2) is 30.1 Å². The highest BCUT2D eigenvalue weighted by Gasteiger charge is 2.34. The van der Waals surface area contributed by atoms with Gasteiger partial charge in [0, 0.05) is 23.2 Å². The van der Waals surface area contributed by atoms with Crippen LogP contribution < -0.4 is 21.1 Å². The number of rotatable bonds is 3. The van der Waals surface area contributed by atoms with Crippen molar-refractivity contribution in [2.24, 2.45) is 11.5 Å². The first-order chi connectivity index (χ1) is 10.3. The van der Waals surface area contributed by atoms with E-state index in [2.05, 4.69) is 4.90 Å². The Hall–Kier alpha value is -2.08. The first-order valence-corrected chi connectivity index (χ1v) is 7.15. The molecule has 0 saturated heterocycles. The summed E-state index contributed by atoms with van der Waals surface area (Å²) in [6.07, 6.45) is 0.0509. The Morgan fingerprint density at radius 3 is 2.68 bits per heavy atom. The molecule has 1 atom stereocenters. The third-order valence-electron chi connectivity index (χ3n) is 3.75. The molecule has 0 saturated carbocycles. The van der Waals surface area contributed by atoms with Crippen molar-refractivity contribution in [1.29, 1.82) is 0 Å². The second kappa shape index (κ2) is 5.96. The van der Waals surface area contributed by atoms with Crippen LogP contribution in [0.4, 0.5) is 10.1 Å². The summed E-state index contributed by atoms with van der Waals surface area (Å²) < 4.78 is 18.9. The normalized spacial score (nSPS) is 18.7. The summed E-state index contributed by atoms with van der Waals surface area (Å²) in [6, 6.07) is 5.00. The van der Waals surface area contributed by atoms with E-state index in [1.54, 1.807) is 18.2 Å². The first kappa shape index (κ1) is 16.3. The fraction of sp³-hybridized carbons (Fsp3) is 0.438. The topological polar surface area (TPSA) is 81.6 Å². The van der Waals surface area contributed by atoms with Gasteiger partial charge in [-0.25, -0.2) is 4.39 Å². The van der Waals surface area contributed by atoms with Gasteiger partial charge in [-0.1, -0.05) is 0 Å². The Labute approximate surface area is 129 Å². The van der Waals surface area contributed by atoms with Gasteiger partial charge in [0.15, 0.2) is 0 Å². The smallest absolute Gasteiger partial charge is 0.248 e. The van der Waals surface area contributed by atoms with Gasteiger partial charge in [-0.3, -0.25) is 4.79 Å². The van der Waals surface area contributed by atoms with E-state index in [-0.39, 0.29) is 12.1 Å². The molecule has 5 nitrogen and oxygen atoms in total. The number of primary amides is 1. The molecule has 1 unspecified atom stereocenters. The Bertz CT molecular complexity index is 608. The fourth-order valence-electron chi connectivity index (χ4n) is 2.51. The van der Waals surface area contributed by atoms with E-state index in [9.17, 15) is 9.18 Å². The van der Waals surface area contributed by atoms with Crippen molar-refractivity contribution >= 4 is 11.6 Å². The number of hydrogen-bond acceptors (Lipinski definition) is 4. The molecule has 22 heavy (non-hydrogen) atoms. The van der Waals surface area contributed by atoms with E-state index >= 15 is 0 Å². The molecule has 2 rings (SSSR count). The van der Waals surface area contributed by atoms with Crippen LogP contribution in [0, 0.1) is 0 Å². The number of ether oxygens (including phenoxy) is 1. The molecule has 0 aromatic heterocycles. The van der Waals surface area contributed by atoms with Crippen molar-refractivity contribution in [3.8, 4) is 5.75 Å². The summed E-state index contributed by atoms with van der Waals surface area (Å²) in [7, 11) is 0. The Kier molecular flexibility index (Phi) is 4.42. The Morgan fingerprint density at radius 2 is 2.18 bits per heavy atom. The SMILES string of the molecule is CC(C)(C)N1CC(C(=CF)CN)Oc2ccc(C(N)=O)cc21. The molecule has 1 heterocycles. The van der Waals surface area contributed by atoms with Gasteiger partial charge in [0.25, 0.3) is 0 Å². The van der Waals surface area contributed by atoms with Gasteiger partial charge in [-0.2, -0.15) is 0 Å². The van der Waals surface area contributed by atoms with E-state index < -0.39 is 12.0 Å². The summed E-state index contributed by atoms with van der Waals surface area (Å²) in [6.45, 7) is 6.66. The van der Waals surface area contributed by atoms with Crippen LogP contribution in [0.25, 0.3) is 0 Å². The number of hydrogen-bond donors (Lipinski definition) is 2. The highest BCUT2D eigenvalue weighted by atomic mass is 19.1. The highest BCUT2D eigenvalue weighted by Crippen LogP contribution is 2.39. The standard InChI is InChI=1S/C16H22FN3O2/c1-16(2,3)20-9-14(11(7-17)8-18)22-13-5-4-10(15(19)21)6-12(13)20/h4-7,14H,8-9,18H2,1-3H3,(H2,19,21). The molecule has 1 aliphatic heterocycles. The van der Waals surface area contributed by atoms with Crippen molar-refractivity contribution < 1.29 is 13.9 Å². The minimum atomic E-state index is -0.495.